The molecule has 0 aliphatic heterocycles. The fourth-order valence-corrected chi connectivity index (χ4v) is 1.19. The minimum absolute atomic E-state index is 0.396. The Bertz CT molecular complexity index is 263. The van der Waals surface area contributed by atoms with E-state index in [0.717, 1.165) is 19.3 Å². The van der Waals surface area contributed by atoms with Crippen LogP contribution in [0, 0.1) is 5.95 Å². The van der Waals surface area contributed by atoms with E-state index in [0.29, 0.717) is 10.6 Å². The summed E-state index contributed by atoms with van der Waals surface area (Å²) in [4.78, 5) is 3.53. The van der Waals surface area contributed by atoms with Gasteiger partial charge in [0.15, 0.2) is 0 Å². The first-order chi connectivity index (χ1) is 5.74. The number of nitrogens with zero attached hydrogens (tertiary/aromatic N) is 1. The summed E-state index contributed by atoms with van der Waals surface area (Å²) in [7, 11) is 0. The van der Waals surface area contributed by atoms with E-state index < -0.39 is 5.95 Å². The Kier molecular flexibility index (Phi) is 3.48. The van der Waals surface area contributed by atoms with Gasteiger partial charge in [-0.1, -0.05) is 24.9 Å². The van der Waals surface area contributed by atoms with Gasteiger partial charge in [-0.05, 0) is 18.9 Å². The van der Waals surface area contributed by atoms with E-state index in [2.05, 4.69) is 11.9 Å². The van der Waals surface area contributed by atoms with Gasteiger partial charge < -0.3 is 0 Å². The molecule has 1 heterocycles. The highest BCUT2D eigenvalue weighted by molar-refractivity contribution is 6.30. The van der Waals surface area contributed by atoms with E-state index in [9.17, 15) is 4.39 Å². The van der Waals surface area contributed by atoms with Crippen molar-refractivity contribution in [2.24, 2.45) is 0 Å². The molecule has 0 aromatic carbocycles. The Labute approximate surface area is 76.6 Å². The molecule has 0 saturated heterocycles. The van der Waals surface area contributed by atoms with Gasteiger partial charge in [0.1, 0.15) is 0 Å². The molecule has 1 aromatic rings. The van der Waals surface area contributed by atoms with Gasteiger partial charge in [-0.2, -0.15) is 4.39 Å². The molecule has 0 N–H and O–H groups in total. The molecule has 0 saturated carbocycles. The number of hydrogen-bond acceptors (Lipinski definition) is 1. The molecule has 0 atom stereocenters. The molecular formula is C9H11ClFN. The SMILES string of the molecule is CCCCc1cc(Cl)cnc1F. The first-order valence-electron chi connectivity index (χ1n) is 4.04. The second-order valence-corrected chi connectivity index (χ2v) is 3.14. The summed E-state index contributed by atoms with van der Waals surface area (Å²) in [5.41, 5.74) is 0.615. The highest BCUT2D eigenvalue weighted by Gasteiger charge is 2.02. The lowest BCUT2D eigenvalue weighted by molar-refractivity contribution is 0.561. The second-order valence-electron chi connectivity index (χ2n) is 2.71. The van der Waals surface area contributed by atoms with Crippen LogP contribution < -0.4 is 0 Å². The van der Waals surface area contributed by atoms with E-state index >= 15 is 0 Å². The molecule has 0 aliphatic rings. The van der Waals surface area contributed by atoms with Crippen LogP contribution in [0.5, 0.6) is 0 Å². The first-order valence-corrected chi connectivity index (χ1v) is 4.41. The van der Waals surface area contributed by atoms with Crippen LogP contribution in [-0.4, -0.2) is 4.98 Å². The largest absolute Gasteiger partial charge is 0.227 e. The van der Waals surface area contributed by atoms with Crippen molar-refractivity contribution in [2.45, 2.75) is 26.2 Å². The van der Waals surface area contributed by atoms with Crippen LogP contribution in [0.25, 0.3) is 0 Å². The zero-order valence-corrected chi connectivity index (χ0v) is 7.74. The van der Waals surface area contributed by atoms with Crippen LogP contribution in [0.15, 0.2) is 12.3 Å². The van der Waals surface area contributed by atoms with E-state index in [1.807, 2.05) is 0 Å². The predicted octanol–water partition coefficient (Wildman–Crippen LogP) is 3.22. The van der Waals surface area contributed by atoms with Crippen molar-refractivity contribution in [1.82, 2.24) is 4.98 Å². The molecule has 0 amide bonds. The van der Waals surface area contributed by atoms with Gasteiger partial charge in [0.25, 0.3) is 0 Å². The standard InChI is InChI=1S/C9H11ClFN/c1-2-3-4-7-5-8(10)6-12-9(7)11/h5-6H,2-4H2,1H3. The molecule has 1 aromatic heterocycles. The molecule has 0 radical (unpaired) electrons. The summed E-state index contributed by atoms with van der Waals surface area (Å²) >= 11 is 5.67. The molecule has 1 rings (SSSR count). The van der Waals surface area contributed by atoms with Crippen molar-refractivity contribution in [3.05, 3.63) is 28.8 Å². The molecule has 0 unspecified atom stereocenters. The zero-order valence-electron chi connectivity index (χ0n) is 6.98. The Morgan fingerprint density at radius 1 is 1.58 bits per heavy atom. The number of hydrogen-bond donors (Lipinski definition) is 0. The van der Waals surface area contributed by atoms with Crippen LogP contribution >= 0.6 is 11.6 Å². The minimum Gasteiger partial charge on any atom is -0.227 e. The first kappa shape index (κ1) is 9.46. The van der Waals surface area contributed by atoms with Crippen molar-refractivity contribution >= 4 is 11.6 Å². The topological polar surface area (TPSA) is 12.9 Å². The molecule has 0 fully saturated rings. The smallest absolute Gasteiger partial charge is 0.216 e. The monoisotopic (exact) mass is 187 g/mol. The maximum absolute atomic E-state index is 12.9. The second kappa shape index (κ2) is 4.41. The molecule has 0 bridgehead atoms. The predicted molar refractivity (Wildman–Crippen MR) is 47.8 cm³/mol. The molecule has 1 nitrogen and oxygen atoms in total. The van der Waals surface area contributed by atoms with E-state index in [4.69, 9.17) is 11.6 Å². The van der Waals surface area contributed by atoms with Crippen LogP contribution in [0.4, 0.5) is 4.39 Å². The van der Waals surface area contributed by atoms with Crippen LogP contribution in [-0.2, 0) is 6.42 Å². The molecular weight excluding hydrogens is 177 g/mol. The number of rotatable bonds is 3. The van der Waals surface area contributed by atoms with E-state index in [1.54, 1.807) is 6.07 Å². The quantitative estimate of drug-likeness (QED) is 0.663. The van der Waals surface area contributed by atoms with Gasteiger partial charge in [0.2, 0.25) is 5.95 Å². The van der Waals surface area contributed by atoms with E-state index in [1.165, 1.54) is 6.20 Å². The highest BCUT2D eigenvalue weighted by Crippen LogP contribution is 2.14. The Morgan fingerprint density at radius 2 is 2.33 bits per heavy atom. The number of aryl methyl sites for hydroxylation is 1. The van der Waals surface area contributed by atoms with Crippen LogP contribution in [0.3, 0.4) is 0 Å². The van der Waals surface area contributed by atoms with Crippen molar-refractivity contribution < 1.29 is 4.39 Å². The lowest BCUT2D eigenvalue weighted by atomic mass is 10.1. The van der Waals surface area contributed by atoms with Crippen LogP contribution in [0.1, 0.15) is 25.3 Å². The molecule has 66 valence electrons. The lowest BCUT2D eigenvalue weighted by Crippen LogP contribution is -1.93. The average Bonchev–Trinajstić information content (AvgIpc) is 2.07. The highest BCUT2D eigenvalue weighted by atomic mass is 35.5. The fourth-order valence-electron chi connectivity index (χ4n) is 1.01. The fraction of sp³-hybridized carbons (Fsp3) is 0.444. The average molecular weight is 188 g/mol. The van der Waals surface area contributed by atoms with Crippen molar-refractivity contribution in [1.29, 1.82) is 0 Å². The summed E-state index contributed by atoms with van der Waals surface area (Å²) in [5.74, 6) is -0.396. The number of aromatic nitrogens is 1. The van der Waals surface area contributed by atoms with Gasteiger partial charge in [0.05, 0.1) is 5.02 Å². The summed E-state index contributed by atoms with van der Waals surface area (Å²) in [5, 5.41) is 0.502. The van der Waals surface area contributed by atoms with Gasteiger partial charge in [0, 0.05) is 11.8 Å². The molecule has 3 heteroatoms. The molecule has 0 spiro atoms. The van der Waals surface area contributed by atoms with Crippen molar-refractivity contribution in [2.75, 3.05) is 0 Å². The number of unbranched alkanes of at least 4 members (excludes halogenated alkanes) is 1. The normalized spacial score (nSPS) is 10.2. The lowest BCUT2D eigenvalue weighted by Gasteiger charge is -2.00. The van der Waals surface area contributed by atoms with Crippen molar-refractivity contribution in [3.8, 4) is 0 Å². The number of pyridine rings is 1. The van der Waals surface area contributed by atoms with Gasteiger partial charge in [-0.15, -0.1) is 0 Å². The van der Waals surface area contributed by atoms with Gasteiger partial charge in [-0.3, -0.25) is 0 Å². The summed E-state index contributed by atoms with van der Waals surface area (Å²) in [6, 6.07) is 1.64. The van der Waals surface area contributed by atoms with Crippen LogP contribution in [0.2, 0.25) is 5.02 Å². The van der Waals surface area contributed by atoms with Crippen molar-refractivity contribution in [3.63, 3.8) is 0 Å². The Balaban J connectivity index is 2.75. The third-order valence-corrected chi connectivity index (χ3v) is 1.88. The maximum Gasteiger partial charge on any atom is 0.216 e. The number of halogens is 2. The zero-order chi connectivity index (χ0) is 8.97. The summed E-state index contributed by atoms with van der Waals surface area (Å²) < 4.78 is 12.9. The Morgan fingerprint density at radius 3 is 3.00 bits per heavy atom. The van der Waals surface area contributed by atoms with Gasteiger partial charge >= 0.3 is 0 Å². The Hall–Kier alpha value is -0.630. The van der Waals surface area contributed by atoms with Gasteiger partial charge in [-0.25, -0.2) is 4.98 Å². The molecule has 12 heavy (non-hydrogen) atoms. The maximum atomic E-state index is 12.9. The molecule has 0 aliphatic carbocycles. The van der Waals surface area contributed by atoms with E-state index in [-0.39, 0.29) is 0 Å². The summed E-state index contributed by atoms with van der Waals surface area (Å²) in [6.07, 6.45) is 4.06. The minimum atomic E-state index is -0.396. The summed E-state index contributed by atoms with van der Waals surface area (Å²) in [6.45, 7) is 2.07. The third-order valence-electron chi connectivity index (χ3n) is 1.68. The third kappa shape index (κ3) is 2.45.